The lowest BCUT2D eigenvalue weighted by molar-refractivity contribution is 0.103. The van der Waals surface area contributed by atoms with E-state index in [-0.39, 0.29) is 16.5 Å². The van der Waals surface area contributed by atoms with Crippen LogP contribution in [-0.4, -0.2) is 27.4 Å². The van der Waals surface area contributed by atoms with E-state index in [1.54, 1.807) is 29.6 Å². The number of hydrogen-bond acceptors (Lipinski definition) is 5. The first-order valence-electron chi connectivity index (χ1n) is 9.35. The molecule has 0 atom stereocenters. The highest BCUT2D eigenvalue weighted by Crippen LogP contribution is 2.28. The molecular weight excluding hydrogens is 406 g/mol. The van der Waals surface area contributed by atoms with Crippen molar-refractivity contribution >= 4 is 44.3 Å². The van der Waals surface area contributed by atoms with Crippen LogP contribution in [0.25, 0.3) is 0 Å². The number of carbonyl (C=O) groups is 1. The molecule has 3 aromatic rings. The summed E-state index contributed by atoms with van der Waals surface area (Å²) in [5.41, 5.74) is 2.04. The molecule has 2 N–H and O–H groups in total. The average Bonchev–Trinajstić information content (AvgIpc) is 3.41. The summed E-state index contributed by atoms with van der Waals surface area (Å²) < 4.78 is 27.7. The first-order valence-corrected chi connectivity index (χ1v) is 11.7. The van der Waals surface area contributed by atoms with E-state index in [2.05, 4.69) is 14.9 Å². The zero-order valence-electron chi connectivity index (χ0n) is 15.7. The largest absolute Gasteiger partial charge is 0.371 e. The van der Waals surface area contributed by atoms with Crippen molar-refractivity contribution in [3.8, 4) is 0 Å². The molecule has 1 fully saturated rings. The molecule has 1 amide bonds. The fraction of sp³-hybridized carbons (Fsp3) is 0.190. The van der Waals surface area contributed by atoms with Gasteiger partial charge in [0.2, 0.25) is 0 Å². The number of amides is 1. The van der Waals surface area contributed by atoms with Gasteiger partial charge >= 0.3 is 0 Å². The Morgan fingerprint density at radius 2 is 1.72 bits per heavy atom. The van der Waals surface area contributed by atoms with Gasteiger partial charge in [-0.3, -0.25) is 9.52 Å². The summed E-state index contributed by atoms with van der Waals surface area (Å²) in [5.74, 6) is -0.343. The third-order valence-corrected chi connectivity index (χ3v) is 7.04. The number of thiophene rings is 1. The Morgan fingerprint density at radius 1 is 0.966 bits per heavy atom. The second kappa shape index (κ2) is 8.26. The summed E-state index contributed by atoms with van der Waals surface area (Å²) in [6.07, 6.45) is 2.35. The Morgan fingerprint density at radius 3 is 2.48 bits per heavy atom. The summed E-state index contributed by atoms with van der Waals surface area (Å²) >= 11 is 1.19. The minimum absolute atomic E-state index is 0.149. The SMILES string of the molecule is O=C(Nc1cccc(N2CCCC2)c1)c1sccc1NS(=O)(=O)c1ccccc1. The van der Waals surface area contributed by atoms with Gasteiger partial charge in [0, 0.05) is 24.5 Å². The van der Waals surface area contributed by atoms with E-state index >= 15 is 0 Å². The molecule has 0 saturated carbocycles. The maximum Gasteiger partial charge on any atom is 0.267 e. The Kier molecular flexibility index (Phi) is 5.55. The molecule has 2 aromatic carbocycles. The maximum atomic E-state index is 12.8. The zero-order valence-corrected chi connectivity index (χ0v) is 17.3. The maximum absolute atomic E-state index is 12.8. The van der Waals surface area contributed by atoms with Gasteiger partial charge in [0.05, 0.1) is 10.6 Å². The van der Waals surface area contributed by atoms with Crippen molar-refractivity contribution in [3.63, 3.8) is 0 Å². The highest BCUT2D eigenvalue weighted by molar-refractivity contribution is 7.92. The normalized spacial score (nSPS) is 14.0. The van der Waals surface area contributed by atoms with Gasteiger partial charge in [-0.25, -0.2) is 8.42 Å². The van der Waals surface area contributed by atoms with Crippen molar-refractivity contribution in [2.45, 2.75) is 17.7 Å². The number of carbonyl (C=O) groups excluding carboxylic acids is 1. The first-order chi connectivity index (χ1) is 14.0. The molecular formula is C21H21N3O3S2. The van der Waals surface area contributed by atoms with Gasteiger partial charge in [-0.2, -0.15) is 0 Å². The van der Waals surface area contributed by atoms with Gasteiger partial charge < -0.3 is 10.2 Å². The number of sulfonamides is 1. The van der Waals surface area contributed by atoms with Gasteiger partial charge in [0.25, 0.3) is 15.9 Å². The lowest BCUT2D eigenvalue weighted by atomic mass is 10.2. The number of nitrogens with one attached hydrogen (secondary N) is 2. The number of benzene rings is 2. The number of anilines is 3. The minimum Gasteiger partial charge on any atom is -0.371 e. The molecule has 0 unspecified atom stereocenters. The molecule has 0 radical (unpaired) electrons. The fourth-order valence-electron chi connectivity index (χ4n) is 3.31. The van der Waals surface area contributed by atoms with E-state index in [1.165, 1.54) is 36.3 Å². The second-order valence-corrected chi connectivity index (χ2v) is 9.38. The molecule has 6 nitrogen and oxygen atoms in total. The van der Waals surface area contributed by atoms with E-state index in [4.69, 9.17) is 0 Å². The summed E-state index contributed by atoms with van der Waals surface area (Å²) in [5, 5.41) is 4.58. The van der Waals surface area contributed by atoms with Crippen LogP contribution >= 0.6 is 11.3 Å². The molecule has 0 spiro atoms. The highest BCUT2D eigenvalue weighted by atomic mass is 32.2. The molecule has 29 heavy (non-hydrogen) atoms. The minimum atomic E-state index is -3.76. The van der Waals surface area contributed by atoms with Gasteiger partial charge in [-0.15, -0.1) is 11.3 Å². The van der Waals surface area contributed by atoms with Crippen molar-refractivity contribution in [2.24, 2.45) is 0 Å². The molecule has 1 aromatic heterocycles. The Hall–Kier alpha value is -2.84. The van der Waals surface area contributed by atoms with Crippen LogP contribution in [0.4, 0.5) is 17.1 Å². The third-order valence-electron chi connectivity index (χ3n) is 4.74. The highest BCUT2D eigenvalue weighted by Gasteiger charge is 2.20. The molecule has 1 saturated heterocycles. The van der Waals surface area contributed by atoms with E-state index in [0.29, 0.717) is 10.6 Å². The van der Waals surface area contributed by atoms with Crippen LogP contribution in [0.2, 0.25) is 0 Å². The summed E-state index contributed by atoms with van der Waals surface area (Å²) in [7, 11) is -3.76. The summed E-state index contributed by atoms with van der Waals surface area (Å²) in [6, 6.07) is 17.4. The van der Waals surface area contributed by atoms with E-state index in [9.17, 15) is 13.2 Å². The summed E-state index contributed by atoms with van der Waals surface area (Å²) in [4.78, 5) is 15.6. The second-order valence-electron chi connectivity index (χ2n) is 6.78. The number of hydrogen-bond donors (Lipinski definition) is 2. The van der Waals surface area contributed by atoms with E-state index < -0.39 is 10.0 Å². The Balaban J connectivity index is 1.51. The van der Waals surface area contributed by atoms with Gasteiger partial charge in [0.1, 0.15) is 4.88 Å². The van der Waals surface area contributed by atoms with Crippen LogP contribution in [-0.2, 0) is 10.0 Å². The van der Waals surface area contributed by atoms with Crippen LogP contribution < -0.4 is 14.9 Å². The smallest absolute Gasteiger partial charge is 0.267 e. The van der Waals surface area contributed by atoms with Gasteiger partial charge in [0.15, 0.2) is 0 Å². The monoisotopic (exact) mass is 427 g/mol. The topological polar surface area (TPSA) is 78.5 Å². The molecule has 1 aliphatic rings. The van der Waals surface area contributed by atoms with E-state index in [1.807, 2.05) is 24.3 Å². The molecule has 1 aliphatic heterocycles. The van der Waals surface area contributed by atoms with Crippen LogP contribution in [0.5, 0.6) is 0 Å². The fourth-order valence-corrected chi connectivity index (χ4v) is 5.21. The van der Waals surface area contributed by atoms with Crippen molar-refractivity contribution in [3.05, 3.63) is 70.9 Å². The lowest BCUT2D eigenvalue weighted by Crippen LogP contribution is -2.19. The molecule has 8 heteroatoms. The Labute approximate surface area is 174 Å². The van der Waals surface area contributed by atoms with Crippen LogP contribution in [0.1, 0.15) is 22.5 Å². The standard InChI is InChI=1S/C21H21N3O3S2/c25-21(22-16-7-6-8-17(15-16)24-12-4-5-13-24)20-19(11-14-28-20)23-29(26,27)18-9-2-1-3-10-18/h1-3,6-11,14-15,23H,4-5,12-13H2,(H,22,25). The molecule has 150 valence electrons. The van der Waals surface area contributed by atoms with Crippen LogP contribution in [0, 0.1) is 0 Å². The number of nitrogens with zero attached hydrogens (tertiary/aromatic N) is 1. The zero-order chi connectivity index (χ0) is 20.3. The van der Waals surface area contributed by atoms with E-state index in [0.717, 1.165) is 18.8 Å². The van der Waals surface area contributed by atoms with Crippen LogP contribution in [0.3, 0.4) is 0 Å². The van der Waals surface area contributed by atoms with Gasteiger partial charge in [-0.05, 0) is 54.6 Å². The lowest BCUT2D eigenvalue weighted by Gasteiger charge is -2.18. The molecule has 4 rings (SSSR count). The quantitative estimate of drug-likeness (QED) is 0.611. The van der Waals surface area contributed by atoms with Crippen molar-refractivity contribution < 1.29 is 13.2 Å². The average molecular weight is 428 g/mol. The van der Waals surface area contributed by atoms with Crippen molar-refractivity contribution in [1.29, 1.82) is 0 Å². The summed E-state index contributed by atoms with van der Waals surface area (Å²) in [6.45, 7) is 2.04. The predicted octanol–water partition coefficient (Wildman–Crippen LogP) is 4.40. The number of rotatable bonds is 6. The van der Waals surface area contributed by atoms with Crippen molar-refractivity contribution in [2.75, 3.05) is 28.0 Å². The molecule has 2 heterocycles. The van der Waals surface area contributed by atoms with Crippen LogP contribution in [0.15, 0.2) is 70.9 Å². The third kappa shape index (κ3) is 4.44. The van der Waals surface area contributed by atoms with Gasteiger partial charge in [-0.1, -0.05) is 24.3 Å². The predicted molar refractivity (Wildman–Crippen MR) is 117 cm³/mol. The Bertz CT molecular complexity index is 1100. The first kappa shape index (κ1) is 19.5. The van der Waals surface area contributed by atoms with Crippen molar-refractivity contribution in [1.82, 2.24) is 0 Å². The molecule has 0 bridgehead atoms. The molecule has 0 aliphatic carbocycles.